The van der Waals surface area contributed by atoms with Crippen LogP contribution in [-0.2, 0) is 7.05 Å². The van der Waals surface area contributed by atoms with Gasteiger partial charge in [-0.1, -0.05) is 13.3 Å². The number of benzene rings is 1. The van der Waals surface area contributed by atoms with Crippen LogP contribution >= 0.6 is 0 Å². The van der Waals surface area contributed by atoms with Gasteiger partial charge in [-0.3, -0.25) is 20.3 Å². The Morgan fingerprint density at radius 1 is 1.24 bits per heavy atom. The van der Waals surface area contributed by atoms with Gasteiger partial charge in [0.05, 0.1) is 18.2 Å². The van der Waals surface area contributed by atoms with Crippen molar-refractivity contribution >= 4 is 22.8 Å². The van der Waals surface area contributed by atoms with Crippen LogP contribution < -0.4 is 15.6 Å². The Bertz CT molecular complexity index is 859. The number of aromatic nitrogens is 4. The predicted molar refractivity (Wildman–Crippen MR) is 94.2 cm³/mol. The van der Waals surface area contributed by atoms with Crippen molar-refractivity contribution in [2.24, 2.45) is 7.05 Å². The average Bonchev–Trinajstić information content (AvgIpc) is 3.02. The molecule has 130 valence electrons. The van der Waals surface area contributed by atoms with E-state index in [2.05, 4.69) is 32.8 Å². The van der Waals surface area contributed by atoms with Gasteiger partial charge in [0.1, 0.15) is 12.1 Å². The Morgan fingerprint density at radius 2 is 2.04 bits per heavy atom. The summed E-state index contributed by atoms with van der Waals surface area (Å²) in [5.74, 6) is 0.979. The van der Waals surface area contributed by atoms with Crippen molar-refractivity contribution in [3.8, 4) is 5.75 Å². The van der Waals surface area contributed by atoms with Crippen LogP contribution in [0.25, 0.3) is 11.0 Å². The maximum Gasteiger partial charge on any atom is 0.269 e. The maximum absolute atomic E-state index is 12.3. The second kappa shape index (κ2) is 7.61. The highest BCUT2D eigenvalue weighted by Crippen LogP contribution is 2.17. The summed E-state index contributed by atoms with van der Waals surface area (Å²) < 4.78 is 7.23. The summed E-state index contributed by atoms with van der Waals surface area (Å²) >= 11 is 0. The fourth-order valence-electron chi connectivity index (χ4n) is 2.29. The monoisotopic (exact) mass is 340 g/mol. The number of nitrogens with one attached hydrogen (secondary N) is 2. The molecule has 8 nitrogen and oxygen atoms in total. The van der Waals surface area contributed by atoms with Crippen LogP contribution in [0.5, 0.6) is 5.75 Å². The molecule has 1 amide bonds. The van der Waals surface area contributed by atoms with Crippen LogP contribution in [0.4, 0.5) is 5.82 Å². The van der Waals surface area contributed by atoms with Crippen molar-refractivity contribution in [2.75, 3.05) is 12.0 Å². The Labute approximate surface area is 145 Å². The lowest BCUT2D eigenvalue weighted by atomic mass is 10.2. The second-order valence-corrected chi connectivity index (χ2v) is 5.53. The molecular formula is C17H20N6O2. The Hall–Kier alpha value is -3.16. The molecule has 0 saturated carbocycles. The molecule has 0 unspecified atom stereocenters. The summed E-state index contributed by atoms with van der Waals surface area (Å²) in [6.45, 7) is 2.79. The topological polar surface area (TPSA) is 94.0 Å². The van der Waals surface area contributed by atoms with Gasteiger partial charge in [-0.15, -0.1) is 0 Å². The number of unbranched alkanes of at least 4 members (excludes halogenated alkanes) is 1. The fourth-order valence-corrected chi connectivity index (χ4v) is 2.29. The van der Waals surface area contributed by atoms with Gasteiger partial charge in [0.2, 0.25) is 0 Å². The van der Waals surface area contributed by atoms with Crippen LogP contribution in [-0.4, -0.2) is 32.3 Å². The Balaban J connectivity index is 1.62. The summed E-state index contributed by atoms with van der Waals surface area (Å²) in [6.07, 6.45) is 5.15. The third-order valence-corrected chi connectivity index (χ3v) is 3.71. The molecule has 3 aromatic rings. The van der Waals surface area contributed by atoms with E-state index in [1.54, 1.807) is 42.2 Å². The molecular weight excluding hydrogens is 320 g/mol. The number of aryl methyl sites for hydroxylation is 1. The molecule has 2 N–H and O–H groups in total. The number of carbonyl (C=O) groups excluding carboxylic acids is 1. The predicted octanol–water partition coefficient (Wildman–Crippen LogP) is 2.30. The van der Waals surface area contributed by atoms with Gasteiger partial charge in [0.25, 0.3) is 5.91 Å². The van der Waals surface area contributed by atoms with Crippen LogP contribution in [0.1, 0.15) is 30.1 Å². The van der Waals surface area contributed by atoms with E-state index in [1.807, 2.05) is 0 Å². The molecule has 0 atom stereocenters. The minimum Gasteiger partial charge on any atom is -0.494 e. The van der Waals surface area contributed by atoms with Gasteiger partial charge in [0.15, 0.2) is 11.5 Å². The number of hydrazine groups is 1. The molecule has 25 heavy (non-hydrogen) atoms. The van der Waals surface area contributed by atoms with Crippen LogP contribution in [0, 0.1) is 0 Å². The van der Waals surface area contributed by atoms with E-state index in [4.69, 9.17) is 4.74 Å². The molecule has 2 aromatic heterocycles. The molecule has 3 rings (SSSR count). The summed E-state index contributed by atoms with van der Waals surface area (Å²) in [7, 11) is 1.79. The normalized spacial score (nSPS) is 10.6. The molecule has 0 aliphatic carbocycles. The van der Waals surface area contributed by atoms with Crippen LogP contribution in [0.2, 0.25) is 0 Å². The van der Waals surface area contributed by atoms with Crippen molar-refractivity contribution < 1.29 is 9.53 Å². The Morgan fingerprint density at radius 3 is 2.80 bits per heavy atom. The van der Waals surface area contributed by atoms with Crippen molar-refractivity contribution in [1.82, 2.24) is 25.2 Å². The number of anilines is 1. The van der Waals surface area contributed by atoms with Crippen molar-refractivity contribution in [2.45, 2.75) is 19.8 Å². The van der Waals surface area contributed by atoms with Crippen molar-refractivity contribution in [3.63, 3.8) is 0 Å². The number of hydrogen-bond acceptors (Lipinski definition) is 6. The van der Waals surface area contributed by atoms with Gasteiger partial charge in [-0.2, -0.15) is 5.10 Å². The molecule has 2 heterocycles. The second-order valence-electron chi connectivity index (χ2n) is 5.53. The van der Waals surface area contributed by atoms with E-state index >= 15 is 0 Å². The van der Waals surface area contributed by atoms with E-state index in [-0.39, 0.29) is 5.91 Å². The molecule has 0 fully saturated rings. The van der Waals surface area contributed by atoms with Crippen LogP contribution in [0.15, 0.2) is 36.8 Å². The third kappa shape index (κ3) is 3.85. The lowest BCUT2D eigenvalue weighted by Crippen LogP contribution is -2.29. The third-order valence-electron chi connectivity index (χ3n) is 3.71. The number of nitrogens with zero attached hydrogens (tertiary/aromatic N) is 4. The molecule has 0 saturated heterocycles. The zero-order chi connectivity index (χ0) is 17.6. The number of hydrogen-bond donors (Lipinski definition) is 2. The van der Waals surface area contributed by atoms with E-state index in [1.165, 1.54) is 6.33 Å². The van der Waals surface area contributed by atoms with Crippen molar-refractivity contribution in [3.05, 3.63) is 42.4 Å². The van der Waals surface area contributed by atoms with Gasteiger partial charge in [0, 0.05) is 12.6 Å². The first-order valence-corrected chi connectivity index (χ1v) is 8.11. The number of amides is 1. The lowest BCUT2D eigenvalue weighted by Gasteiger charge is -2.09. The van der Waals surface area contributed by atoms with Crippen LogP contribution in [0.3, 0.4) is 0 Å². The molecule has 0 aliphatic heterocycles. The summed E-state index contributed by atoms with van der Waals surface area (Å²) in [6, 6.07) is 7.01. The highest BCUT2D eigenvalue weighted by Gasteiger charge is 2.10. The smallest absolute Gasteiger partial charge is 0.269 e. The molecule has 1 aromatic carbocycles. The average molecular weight is 340 g/mol. The highest BCUT2D eigenvalue weighted by atomic mass is 16.5. The number of ether oxygens (including phenoxy) is 1. The van der Waals surface area contributed by atoms with Gasteiger partial charge in [-0.05, 0) is 30.7 Å². The number of rotatable bonds is 7. The SMILES string of the molecule is CCCCOc1ccc(C(=O)NNc2ncnc3c2cnn3C)cc1. The standard InChI is InChI=1S/C17H20N6O2/c1-3-4-9-25-13-7-5-12(6-8-13)17(24)22-21-15-14-10-20-23(2)16(14)19-11-18-15/h5-8,10-11H,3-4,9H2,1-2H3,(H,22,24)(H,18,19,21). The van der Waals surface area contributed by atoms with Gasteiger partial charge in [-0.25, -0.2) is 9.97 Å². The van der Waals surface area contributed by atoms with Gasteiger partial charge < -0.3 is 4.74 Å². The fraction of sp³-hybridized carbons (Fsp3) is 0.294. The minimum atomic E-state index is -0.268. The van der Waals surface area contributed by atoms with E-state index in [0.29, 0.717) is 23.6 Å². The zero-order valence-corrected chi connectivity index (χ0v) is 14.2. The number of carbonyl (C=O) groups is 1. The number of fused-ring (bicyclic) bond motifs is 1. The molecule has 0 spiro atoms. The van der Waals surface area contributed by atoms with Crippen molar-refractivity contribution in [1.29, 1.82) is 0 Å². The quantitative estimate of drug-likeness (QED) is 0.506. The molecule has 0 radical (unpaired) electrons. The van der Waals surface area contributed by atoms with E-state index in [9.17, 15) is 4.79 Å². The molecule has 0 bridgehead atoms. The first kappa shape index (κ1) is 16.7. The van der Waals surface area contributed by atoms with E-state index in [0.717, 1.165) is 24.0 Å². The largest absolute Gasteiger partial charge is 0.494 e. The first-order chi connectivity index (χ1) is 12.2. The maximum atomic E-state index is 12.3. The first-order valence-electron chi connectivity index (χ1n) is 8.11. The summed E-state index contributed by atoms with van der Waals surface area (Å²) in [4.78, 5) is 20.5. The minimum absolute atomic E-state index is 0.268. The Kier molecular flexibility index (Phi) is 5.08. The van der Waals surface area contributed by atoms with E-state index < -0.39 is 0 Å². The summed E-state index contributed by atoms with van der Waals surface area (Å²) in [5.41, 5.74) is 6.65. The lowest BCUT2D eigenvalue weighted by molar-refractivity contribution is 0.0962. The zero-order valence-electron chi connectivity index (χ0n) is 14.2. The highest BCUT2D eigenvalue weighted by molar-refractivity contribution is 5.96. The summed E-state index contributed by atoms with van der Waals surface area (Å²) in [5, 5.41) is 4.86. The molecule has 0 aliphatic rings. The molecule has 8 heteroatoms. The van der Waals surface area contributed by atoms with Gasteiger partial charge >= 0.3 is 0 Å².